The zero-order chi connectivity index (χ0) is 27.3. The molecule has 1 rings (SSSR count). The maximum Gasteiger partial charge on any atom is 0.370 e. The van der Waals surface area contributed by atoms with E-state index < -0.39 is 39.6 Å². The van der Waals surface area contributed by atoms with E-state index in [4.69, 9.17) is 18.1 Å². The Kier molecular flexibility index (Phi) is 11.9. The van der Waals surface area contributed by atoms with Crippen molar-refractivity contribution in [1.29, 1.82) is 0 Å². The van der Waals surface area contributed by atoms with Crippen LogP contribution in [0.25, 0.3) is 6.08 Å². The molecule has 0 fully saturated rings. The highest BCUT2D eigenvalue weighted by molar-refractivity contribution is 7.79. The van der Waals surface area contributed by atoms with E-state index in [1.165, 1.54) is 6.08 Å². The van der Waals surface area contributed by atoms with Crippen LogP contribution in [0, 0.1) is 0 Å². The second-order valence-corrected chi connectivity index (χ2v) is 14.6. The van der Waals surface area contributed by atoms with Crippen molar-refractivity contribution in [3.8, 4) is 5.75 Å². The fourth-order valence-electron chi connectivity index (χ4n) is 3.50. The van der Waals surface area contributed by atoms with Crippen LogP contribution in [-0.2, 0) is 27.2 Å². The van der Waals surface area contributed by atoms with Gasteiger partial charge in [-0.1, -0.05) is 27.7 Å². The molecule has 0 bridgehead atoms. The van der Waals surface area contributed by atoms with Crippen LogP contribution < -0.4 is 0 Å². The molecule has 0 atom stereocenters. The standard InChI is InChI=1S/C26H46O7P2/c1-16(2)23-13-22(14-24(17(3)4)26(23)27)15-25(34(28,30-18(5)6)31-19(7)8)35(29,32-20(9)10)33-21(11)12/h13-21,27H,1-12H3. The van der Waals surface area contributed by atoms with Crippen LogP contribution in [0.15, 0.2) is 17.2 Å². The van der Waals surface area contributed by atoms with Crippen molar-refractivity contribution < 1.29 is 32.3 Å². The monoisotopic (exact) mass is 532 g/mol. The third-order valence-electron chi connectivity index (χ3n) is 4.69. The fraction of sp³-hybridized carbons (Fsp3) is 0.692. The predicted octanol–water partition coefficient (Wildman–Crippen LogP) is 9.02. The topological polar surface area (TPSA) is 91.3 Å². The largest absolute Gasteiger partial charge is 0.507 e. The number of rotatable bonds is 13. The molecule has 35 heavy (non-hydrogen) atoms. The molecular weight excluding hydrogens is 486 g/mol. The third-order valence-corrected chi connectivity index (χ3v) is 10.3. The van der Waals surface area contributed by atoms with Crippen LogP contribution >= 0.6 is 15.2 Å². The van der Waals surface area contributed by atoms with Gasteiger partial charge in [-0.25, -0.2) is 0 Å². The lowest BCUT2D eigenvalue weighted by atomic mass is 9.91. The van der Waals surface area contributed by atoms with Gasteiger partial charge in [-0.15, -0.1) is 0 Å². The molecular formula is C26H46O7P2. The van der Waals surface area contributed by atoms with Gasteiger partial charge in [0.2, 0.25) is 0 Å². The van der Waals surface area contributed by atoms with Crippen molar-refractivity contribution >= 4 is 21.3 Å². The van der Waals surface area contributed by atoms with Gasteiger partial charge >= 0.3 is 15.2 Å². The van der Waals surface area contributed by atoms with Gasteiger partial charge in [0.05, 0.1) is 24.4 Å². The van der Waals surface area contributed by atoms with E-state index in [9.17, 15) is 14.2 Å². The van der Waals surface area contributed by atoms with Gasteiger partial charge in [-0.2, -0.15) is 0 Å². The molecule has 7 nitrogen and oxygen atoms in total. The zero-order valence-electron chi connectivity index (χ0n) is 23.5. The molecule has 0 aliphatic heterocycles. The van der Waals surface area contributed by atoms with Gasteiger partial charge in [0, 0.05) is 0 Å². The third kappa shape index (κ3) is 9.14. The highest BCUT2D eigenvalue weighted by Crippen LogP contribution is 2.75. The van der Waals surface area contributed by atoms with Crippen molar-refractivity contribution in [2.45, 2.75) is 119 Å². The fourth-order valence-corrected chi connectivity index (χ4v) is 8.63. The summed E-state index contributed by atoms with van der Waals surface area (Å²) in [5, 5.41) is 10.7. The van der Waals surface area contributed by atoms with E-state index in [0.717, 1.165) is 11.1 Å². The molecule has 0 radical (unpaired) electrons. The minimum atomic E-state index is -4.15. The Balaban J connectivity index is 4.10. The smallest absolute Gasteiger partial charge is 0.370 e. The summed E-state index contributed by atoms with van der Waals surface area (Å²) in [7, 11) is -8.29. The quantitative estimate of drug-likeness (QED) is 0.253. The molecule has 202 valence electrons. The summed E-state index contributed by atoms with van der Waals surface area (Å²) in [5.41, 5.74) is 2.07. The lowest BCUT2D eigenvalue weighted by Gasteiger charge is -2.31. The van der Waals surface area contributed by atoms with Crippen LogP contribution in [0.5, 0.6) is 5.75 Å². The average Bonchev–Trinajstić information content (AvgIpc) is 2.63. The second kappa shape index (κ2) is 13.0. The Morgan fingerprint density at radius 1 is 0.657 bits per heavy atom. The van der Waals surface area contributed by atoms with E-state index in [0.29, 0.717) is 5.56 Å². The molecule has 0 amide bonds. The normalized spacial score (nSPS) is 13.2. The predicted molar refractivity (Wildman–Crippen MR) is 144 cm³/mol. The summed E-state index contributed by atoms with van der Waals surface area (Å²) in [6.45, 7) is 21.8. The Hall–Kier alpha value is -0.940. The molecule has 0 saturated carbocycles. The number of hydrogen-bond acceptors (Lipinski definition) is 7. The molecule has 9 heteroatoms. The second-order valence-electron chi connectivity index (χ2n) is 10.5. The summed E-state index contributed by atoms with van der Waals surface area (Å²) < 4.78 is 52.1. The summed E-state index contributed by atoms with van der Waals surface area (Å²) >= 11 is 0. The van der Waals surface area contributed by atoms with E-state index >= 15 is 0 Å². The lowest BCUT2D eigenvalue weighted by Crippen LogP contribution is -2.14. The van der Waals surface area contributed by atoms with Gasteiger partial charge < -0.3 is 23.2 Å². The maximum atomic E-state index is 14.4. The molecule has 0 aliphatic carbocycles. The first-order valence-corrected chi connectivity index (χ1v) is 15.5. The van der Waals surface area contributed by atoms with Gasteiger partial charge in [-0.05, 0) is 102 Å². The minimum absolute atomic E-state index is 0.0283. The summed E-state index contributed by atoms with van der Waals surface area (Å²) in [4.78, 5) is 0. The minimum Gasteiger partial charge on any atom is -0.507 e. The Bertz CT molecular complexity index is 865. The molecule has 1 aromatic carbocycles. The molecule has 0 saturated heterocycles. The summed E-state index contributed by atoms with van der Waals surface area (Å²) in [5.74, 6) is 0.287. The van der Waals surface area contributed by atoms with E-state index in [1.807, 2.05) is 27.7 Å². The van der Waals surface area contributed by atoms with Gasteiger partial charge in [-0.3, -0.25) is 9.13 Å². The first-order chi connectivity index (χ1) is 15.9. The van der Waals surface area contributed by atoms with Crippen LogP contribution in [-0.4, -0.2) is 29.5 Å². The first kappa shape index (κ1) is 32.1. The number of aromatic hydroxyl groups is 1. The van der Waals surface area contributed by atoms with Gasteiger partial charge in [0.25, 0.3) is 0 Å². The first-order valence-electron chi connectivity index (χ1n) is 12.4. The maximum absolute atomic E-state index is 14.4. The van der Waals surface area contributed by atoms with Gasteiger partial charge in [0.1, 0.15) is 5.75 Å². The van der Waals surface area contributed by atoms with E-state index in [2.05, 4.69) is 0 Å². The average molecular weight is 533 g/mol. The Labute approximate surface area is 212 Å². The Morgan fingerprint density at radius 3 is 1.17 bits per heavy atom. The molecule has 0 heterocycles. The van der Waals surface area contributed by atoms with Crippen LogP contribution in [0.1, 0.15) is 112 Å². The van der Waals surface area contributed by atoms with Crippen molar-refractivity contribution in [3.63, 3.8) is 0 Å². The lowest BCUT2D eigenvalue weighted by molar-refractivity contribution is 0.138. The zero-order valence-corrected chi connectivity index (χ0v) is 25.3. The molecule has 0 unspecified atom stereocenters. The summed E-state index contributed by atoms with van der Waals surface area (Å²) in [6.07, 6.45) is -0.383. The van der Waals surface area contributed by atoms with Crippen LogP contribution in [0.4, 0.5) is 0 Å². The molecule has 0 spiro atoms. The highest BCUT2D eigenvalue weighted by Gasteiger charge is 2.48. The van der Waals surface area contributed by atoms with Crippen LogP contribution in [0.2, 0.25) is 0 Å². The van der Waals surface area contributed by atoms with E-state index in [-0.39, 0.29) is 22.6 Å². The van der Waals surface area contributed by atoms with Crippen molar-refractivity contribution in [1.82, 2.24) is 0 Å². The molecule has 0 aromatic heterocycles. The molecule has 0 aliphatic rings. The van der Waals surface area contributed by atoms with Gasteiger partial charge in [0.15, 0.2) is 5.06 Å². The number of phenols is 1. The highest BCUT2D eigenvalue weighted by atomic mass is 31.2. The SMILES string of the molecule is CC(C)OP(=O)(OC(C)C)C(=Cc1cc(C(C)C)c(O)c(C(C)C)c1)P(=O)(OC(C)C)OC(C)C. The van der Waals surface area contributed by atoms with Crippen molar-refractivity contribution in [2.24, 2.45) is 0 Å². The van der Waals surface area contributed by atoms with Crippen molar-refractivity contribution in [2.75, 3.05) is 0 Å². The Morgan fingerprint density at radius 2 is 0.943 bits per heavy atom. The number of hydrogen-bond donors (Lipinski definition) is 1. The van der Waals surface area contributed by atoms with Crippen LogP contribution in [0.3, 0.4) is 0 Å². The summed E-state index contributed by atoms with van der Waals surface area (Å²) in [6, 6.07) is 3.60. The van der Waals surface area contributed by atoms with E-state index in [1.54, 1.807) is 67.5 Å². The number of benzene rings is 1. The molecule has 1 N–H and O–H groups in total. The van der Waals surface area contributed by atoms with Crippen molar-refractivity contribution in [3.05, 3.63) is 33.9 Å². The molecule has 1 aromatic rings. The number of phenolic OH excluding ortho intramolecular Hbond substituents is 1.